The topological polar surface area (TPSA) is 60.7 Å². The molecule has 0 amide bonds. The fourth-order valence-electron chi connectivity index (χ4n) is 1.88. The minimum Gasteiger partial charge on any atom is -0.292 e. The lowest BCUT2D eigenvalue weighted by Gasteiger charge is -2.00. The minimum absolute atomic E-state index is 0.0329. The number of hydrogen-bond acceptors (Lipinski definition) is 4. The highest BCUT2D eigenvalue weighted by atomic mass is 79.9. The second-order valence-electron chi connectivity index (χ2n) is 4.58. The van der Waals surface area contributed by atoms with Gasteiger partial charge in [0.25, 0.3) is 0 Å². The molecule has 3 aromatic rings. The highest BCUT2D eigenvalue weighted by molar-refractivity contribution is 9.10. The quantitative estimate of drug-likeness (QED) is 0.651. The molecule has 0 aliphatic carbocycles. The SMILES string of the molecule is O=C(Cn1nnc(-c2ccc(Br)cc2)n1)c1ccc(Cl)cc1. The Hall–Kier alpha value is -2.05. The zero-order valence-corrected chi connectivity index (χ0v) is 13.6. The summed E-state index contributed by atoms with van der Waals surface area (Å²) in [6, 6.07) is 14.3. The van der Waals surface area contributed by atoms with Crippen molar-refractivity contribution in [3.63, 3.8) is 0 Å². The number of carbonyl (C=O) groups is 1. The lowest BCUT2D eigenvalue weighted by atomic mass is 10.1. The highest BCUT2D eigenvalue weighted by Crippen LogP contribution is 2.17. The summed E-state index contributed by atoms with van der Waals surface area (Å²) >= 11 is 9.18. The van der Waals surface area contributed by atoms with Crippen LogP contribution in [0.4, 0.5) is 0 Å². The standard InChI is InChI=1S/C15H10BrClN4O/c16-12-5-1-11(2-6-12)15-18-20-21(19-15)9-14(22)10-3-7-13(17)8-4-10/h1-8H,9H2. The maximum atomic E-state index is 12.1. The van der Waals surface area contributed by atoms with E-state index >= 15 is 0 Å². The Balaban J connectivity index is 1.75. The molecular weight excluding hydrogens is 368 g/mol. The first-order valence-electron chi connectivity index (χ1n) is 6.44. The molecule has 0 atom stereocenters. The van der Waals surface area contributed by atoms with Gasteiger partial charge in [0.1, 0.15) is 6.54 Å². The van der Waals surface area contributed by atoms with Crippen LogP contribution < -0.4 is 0 Å². The van der Waals surface area contributed by atoms with Crippen molar-refractivity contribution in [2.24, 2.45) is 0 Å². The molecule has 1 aromatic heterocycles. The zero-order valence-electron chi connectivity index (χ0n) is 11.3. The fraction of sp³-hybridized carbons (Fsp3) is 0.0667. The Bertz CT molecular complexity index is 799. The Morgan fingerprint density at radius 3 is 2.45 bits per heavy atom. The molecule has 0 fully saturated rings. The van der Waals surface area contributed by atoms with E-state index in [1.807, 2.05) is 24.3 Å². The predicted octanol–water partition coefficient (Wildman–Crippen LogP) is 3.64. The van der Waals surface area contributed by atoms with Gasteiger partial charge in [-0.3, -0.25) is 4.79 Å². The number of ketones is 1. The van der Waals surface area contributed by atoms with Gasteiger partial charge < -0.3 is 0 Å². The van der Waals surface area contributed by atoms with Crippen LogP contribution in [0.5, 0.6) is 0 Å². The number of aromatic nitrogens is 4. The summed E-state index contributed by atoms with van der Waals surface area (Å²) in [7, 11) is 0. The third-order valence-electron chi connectivity index (χ3n) is 3.01. The molecule has 0 N–H and O–H groups in total. The van der Waals surface area contributed by atoms with Crippen molar-refractivity contribution in [2.75, 3.05) is 0 Å². The van der Waals surface area contributed by atoms with Crippen molar-refractivity contribution >= 4 is 33.3 Å². The van der Waals surface area contributed by atoms with Crippen molar-refractivity contribution in [1.29, 1.82) is 0 Å². The first-order chi connectivity index (χ1) is 10.6. The predicted molar refractivity (Wildman–Crippen MR) is 86.7 cm³/mol. The Labute approximate surface area is 140 Å². The monoisotopic (exact) mass is 376 g/mol. The van der Waals surface area contributed by atoms with E-state index in [-0.39, 0.29) is 12.3 Å². The molecule has 5 nitrogen and oxygen atoms in total. The molecule has 22 heavy (non-hydrogen) atoms. The molecule has 0 saturated carbocycles. The van der Waals surface area contributed by atoms with E-state index in [4.69, 9.17) is 11.6 Å². The number of Topliss-reactive ketones (excluding diaryl/α,β-unsaturated/α-hetero) is 1. The largest absolute Gasteiger partial charge is 0.292 e. The molecule has 110 valence electrons. The van der Waals surface area contributed by atoms with E-state index in [1.165, 1.54) is 4.80 Å². The molecule has 2 aromatic carbocycles. The van der Waals surface area contributed by atoms with Crippen molar-refractivity contribution in [2.45, 2.75) is 6.54 Å². The summed E-state index contributed by atoms with van der Waals surface area (Å²) in [4.78, 5) is 13.4. The summed E-state index contributed by atoms with van der Waals surface area (Å²) < 4.78 is 0.974. The number of tetrazole rings is 1. The van der Waals surface area contributed by atoms with E-state index in [1.54, 1.807) is 24.3 Å². The average Bonchev–Trinajstić information content (AvgIpc) is 2.97. The first kappa shape index (κ1) is 14.9. The van der Waals surface area contributed by atoms with Crippen LogP contribution in [0, 0.1) is 0 Å². The highest BCUT2D eigenvalue weighted by Gasteiger charge is 2.11. The van der Waals surface area contributed by atoms with Gasteiger partial charge in [-0.15, -0.1) is 10.2 Å². The normalized spacial score (nSPS) is 10.6. The second kappa shape index (κ2) is 6.37. The van der Waals surface area contributed by atoms with Crippen molar-refractivity contribution < 1.29 is 4.79 Å². The molecule has 0 radical (unpaired) electrons. The summed E-state index contributed by atoms with van der Waals surface area (Å²) in [6.07, 6.45) is 0. The van der Waals surface area contributed by atoms with Crippen LogP contribution in [0.2, 0.25) is 5.02 Å². The van der Waals surface area contributed by atoms with Crippen LogP contribution in [0.15, 0.2) is 53.0 Å². The number of carbonyl (C=O) groups excluding carboxylic acids is 1. The van der Waals surface area contributed by atoms with Gasteiger partial charge in [-0.05, 0) is 53.7 Å². The van der Waals surface area contributed by atoms with E-state index in [2.05, 4.69) is 31.3 Å². The molecule has 1 heterocycles. The molecule has 0 aliphatic heterocycles. The van der Waals surface area contributed by atoms with Crippen LogP contribution >= 0.6 is 27.5 Å². The Kier molecular flexibility index (Phi) is 4.31. The molecule has 7 heteroatoms. The first-order valence-corrected chi connectivity index (χ1v) is 7.61. The van der Waals surface area contributed by atoms with Crippen molar-refractivity contribution in [3.8, 4) is 11.4 Å². The summed E-state index contributed by atoms with van der Waals surface area (Å²) in [5.41, 5.74) is 1.40. The van der Waals surface area contributed by atoms with E-state index in [9.17, 15) is 4.79 Å². The van der Waals surface area contributed by atoms with E-state index in [0.29, 0.717) is 16.4 Å². The maximum absolute atomic E-state index is 12.1. The molecule has 3 rings (SSSR count). The molecule has 0 saturated heterocycles. The van der Waals surface area contributed by atoms with Gasteiger partial charge in [0.05, 0.1) is 0 Å². The second-order valence-corrected chi connectivity index (χ2v) is 5.93. The van der Waals surface area contributed by atoms with E-state index < -0.39 is 0 Å². The number of rotatable bonds is 4. The van der Waals surface area contributed by atoms with Gasteiger partial charge in [-0.25, -0.2) is 0 Å². The Morgan fingerprint density at radius 2 is 1.77 bits per heavy atom. The van der Waals surface area contributed by atoms with Gasteiger partial charge >= 0.3 is 0 Å². The number of nitrogens with zero attached hydrogens (tertiary/aromatic N) is 4. The van der Waals surface area contributed by atoms with Gasteiger partial charge in [-0.2, -0.15) is 4.80 Å². The Morgan fingerprint density at radius 1 is 1.09 bits per heavy atom. The maximum Gasteiger partial charge on any atom is 0.204 e. The van der Waals surface area contributed by atoms with Crippen LogP contribution in [-0.2, 0) is 6.54 Å². The summed E-state index contributed by atoms with van der Waals surface area (Å²) in [6.45, 7) is 0.0329. The van der Waals surface area contributed by atoms with Gasteiger partial charge in [0, 0.05) is 20.6 Å². The number of hydrogen-bond donors (Lipinski definition) is 0. The zero-order chi connectivity index (χ0) is 15.5. The average molecular weight is 378 g/mol. The van der Waals surface area contributed by atoms with Crippen LogP contribution in [0.25, 0.3) is 11.4 Å². The fourth-order valence-corrected chi connectivity index (χ4v) is 2.27. The van der Waals surface area contributed by atoms with Crippen LogP contribution in [0.1, 0.15) is 10.4 Å². The van der Waals surface area contributed by atoms with Gasteiger partial charge in [-0.1, -0.05) is 27.5 Å². The molecule has 0 bridgehead atoms. The third-order valence-corrected chi connectivity index (χ3v) is 3.79. The number of halogens is 2. The van der Waals surface area contributed by atoms with Gasteiger partial charge in [0.15, 0.2) is 5.78 Å². The smallest absolute Gasteiger partial charge is 0.204 e. The molecule has 0 unspecified atom stereocenters. The lowest BCUT2D eigenvalue weighted by molar-refractivity contribution is 0.0961. The van der Waals surface area contributed by atoms with E-state index in [0.717, 1.165) is 10.0 Å². The summed E-state index contributed by atoms with van der Waals surface area (Å²) in [5.74, 6) is 0.382. The minimum atomic E-state index is -0.101. The summed E-state index contributed by atoms with van der Waals surface area (Å²) in [5, 5.41) is 12.7. The van der Waals surface area contributed by atoms with Gasteiger partial charge in [0.2, 0.25) is 5.82 Å². The molecular formula is C15H10BrClN4O. The molecule has 0 spiro atoms. The van der Waals surface area contributed by atoms with Crippen molar-refractivity contribution in [1.82, 2.24) is 20.2 Å². The molecule has 0 aliphatic rings. The third kappa shape index (κ3) is 3.40. The van der Waals surface area contributed by atoms with Crippen molar-refractivity contribution in [3.05, 3.63) is 63.6 Å². The lowest BCUT2D eigenvalue weighted by Crippen LogP contribution is -2.13. The van der Waals surface area contributed by atoms with Crippen LogP contribution in [-0.4, -0.2) is 26.0 Å². The van der Waals surface area contributed by atoms with Crippen LogP contribution in [0.3, 0.4) is 0 Å². The number of benzene rings is 2.